The van der Waals surface area contributed by atoms with E-state index in [0.717, 1.165) is 17.0 Å². The Balaban J connectivity index is 2.67. The van der Waals surface area contributed by atoms with Crippen molar-refractivity contribution in [3.05, 3.63) is 28.8 Å². The van der Waals surface area contributed by atoms with Crippen LogP contribution in [0.3, 0.4) is 0 Å². The standard InChI is InChI=1S/C13H20ClNO2S/c1-3-15-9(2)10-4-5-13(12(14)6-10)18-8-11(17)7-16/h4-6,9,11,15-17H,3,7-8H2,1-2H3. The lowest BCUT2D eigenvalue weighted by atomic mass is 10.1. The topological polar surface area (TPSA) is 52.5 Å². The van der Waals surface area contributed by atoms with E-state index in [0.29, 0.717) is 10.8 Å². The van der Waals surface area contributed by atoms with Gasteiger partial charge in [-0.15, -0.1) is 11.8 Å². The minimum absolute atomic E-state index is 0.222. The Morgan fingerprint density at radius 1 is 1.44 bits per heavy atom. The van der Waals surface area contributed by atoms with Crippen LogP contribution in [-0.2, 0) is 0 Å². The van der Waals surface area contributed by atoms with Crippen molar-refractivity contribution in [3.8, 4) is 0 Å². The minimum atomic E-state index is -0.702. The van der Waals surface area contributed by atoms with E-state index in [1.165, 1.54) is 11.8 Å². The molecule has 0 aromatic heterocycles. The van der Waals surface area contributed by atoms with Gasteiger partial charge in [-0.05, 0) is 31.2 Å². The van der Waals surface area contributed by atoms with Crippen molar-refractivity contribution in [1.29, 1.82) is 0 Å². The van der Waals surface area contributed by atoms with Gasteiger partial charge < -0.3 is 15.5 Å². The Kier molecular flexibility index (Phi) is 7.04. The highest BCUT2D eigenvalue weighted by Crippen LogP contribution is 2.30. The maximum Gasteiger partial charge on any atom is 0.0864 e. The fourth-order valence-electron chi connectivity index (χ4n) is 1.57. The normalized spacial score (nSPS) is 14.5. The van der Waals surface area contributed by atoms with Crippen molar-refractivity contribution < 1.29 is 10.2 Å². The van der Waals surface area contributed by atoms with E-state index in [1.807, 2.05) is 18.2 Å². The summed E-state index contributed by atoms with van der Waals surface area (Å²) in [4.78, 5) is 0.927. The third-order valence-electron chi connectivity index (χ3n) is 2.61. The zero-order valence-corrected chi connectivity index (χ0v) is 12.3. The summed E-state index contributed by atoms with van der Waals surface area (Å²) in [6, 6.07) is 6.21. The van der Waals surface area contributed by atoms with Gasteiger partial charge in [-0.25, -0.2) is 0 Å². The van der Waals surface area contributed by atoms with E-state index in [-0.39, 0.29) is 12.6 Å². The van der Waals surface area contributed by atoms with Gasteiger partial charge in [0, 0.05) is 16.7 Å². The summed E-state index contributed by atoms with van der Waals surface area (Å²) < 4.78 is 0. The number of aliphatic hydroxyl groups excluding tert-OH is 2. The molecule has 0 saturated heterocycles. The predicted molar refractivity (Wildman–Crippen MR) is 77.4 cm³/mol. The number of hydrogen-bond acceptors (Lipinski definition) is 4. The van der Waals surface area contributed by atoms with Crippen LogP contribution in [0.1, 0.15) is 25.5 Å². The third-order valence-corrected chi connectivity index (χ3v) is 4.25. The second kappa shape index (κ2) is 8.02. The van der Waals surface area contributed by atoms with Crippen molar-refractivity contribution in [1.82, 2.24) is 5.32 Å². The van der Waals surface area contributed by atoms with Gasteiger partial charge in [0.2, 0.25) is 0 Å². The average molecular weight is 290 g/mol. The summed E-state index contributed by atoms with van der Waals surface area (Å²) in [5.74, 6) is 0.443. The Morgan fingerprint density at radius 3 is 2.72 bits per heavy atom. The predicted octanol–water partition coefficient (Wildman–Crippen LogP) is 2.46. The second-order valence-corrected chi connectivity index (χ2v) is 5.59. The average Bonchev–Trinajstić information content (AvgIpc) is 2.37. The minimum Gasteiger partial charge on any atom is -0.394 e. The first-order chi connectivity index (χ1) is 8.58. The Hall–Kier alpha value is -0.260. The fourth-order valence-corrected chi connectivity index (χ4v) is 2.76. The molecule has 1 aromatic rings. The van der Waals surface area contributed by atoms with Crippen LogP contribution >= 0.6 is 23.4 Å². The molecule has 0 heterocycles. The SMILES string of the molecule is CCNC(C)c1ccc(SCC(O)CO)c(Cl)c1. The highest BCUT2D eigenvalue weighted by atomic mass is 35.5. The maximum atomic E-state index is 9.30. The second-order valence-electron chi connectivity index (χ2n) is 4.12. The number of halogens is 1. The molecule has 0 spiro atoms. The summed E-state index contributed by atoms with van der Waals surface area (Å²) >= 11 is 7.66. The molecule has 0 aliphatic rings. The van der Waals surface area contributed by atoms with Crippen LogP contribution in [0.2, 0.25) is 5.02 Å². The van der Waals surface area contributed by atoms with Crippen LogP contribution in [-0.4, -0.2) is 35.2 Å². The van der Waals surface area contributed by atoms with E-state index in [1.54, 1.807) is 0 Å². The molecule has 0 fully saturated rings. The van der Waals surface area contributed by atoms with Gasteiger partial charge >= 0.3 is 0 Å². The van der Waals surface area contributed by atoms with Crippen molar-refractivity contribution in [2.75, 3.05) is 18.9 Å². The molecule has 3 nitrogen and oxygen atoms in total. The smallest absolute Gasteiger partial charge is 0.0864 e. The van der Waals surface area contributed by atoms with Crippen molar-refractivity contribution >= 4 is 23.4 Å². The van der Waals surface area contributed by atoms with Crippen molar-refractivity contribution in [3.63, 3.8) is 0 Å². The summed E-state index contributed by atoms with van der Waals surface area (Å²) in [5.41, 5.74) is 1.15. The first-order valence-corrected chi connectivity index (χ1v) is 7.39. The number of hydrogen-bond donors (Lipinski definition) is 3. The van der Waals surface area contributed by atoms with Crippen LogP contribution in [0.5, 0.6) is 0 Å². The molecule has 0 aliphatic heterocycles. The third kappa shape index (κ3) is 4.78. The van der Waals surface area contributed by atoms with Gasteiger partial charge in [-0.1, -0.05) is 24.6 Å². The number of thioether (sulfide) groups is 1. The van der Waals surface area contributed by atoms with Gasteiger partial charge in [0.25, 0.3) is 0 Å². The van der Waals surface area contributed by atoms with E-state index < -0.39 is 6.10 Å². The first kappa shape index (κ1) is 15.8. The molecule has 2 unspecified atom stereocenters. The van der Waals surface area contributed by atoms with E-state index in [2.05, 4.69) is 19.2 Å². The summed E-state index contributed by atoms with van der Waals surface area (Å²) in [6.07, 6.45) is -0.702. The van der Waals surface area contributed by atoms with Gasteiger partial charge in [-0.3, -0.25) is 0 Å². The molecule has 102 valence electrons. The van der Waals surface area contributed by atoms with Crippen LogP contribution in [0.4, 0.5) is 0 Å². The van der Waals surface area contributed by atoms with E-state index in [9.17, 15) is 5.11 Å². The lowest BCUT2D eigenvalue weighted by Crippen LogP contribution is -2.17. The van der Waals surface area contributed by atoms with Gasteiger partial charge in [0.05, 0.1) is 17.7 Å². The van der Waals surface area contributed by atoms with E-state index >= 15 is 0 Å². The Labute approximate surface area is 118 Å². The van der Waals surface area contributed by atoms with Crippen molar-refractivity contribution in [2.45, 2.75) is 30.9 Å². The number of rotatable bonds is 7. The fraction of sp³-hybridized carbons (Fsp3) is 0.538. The summed E-state index contributed by atoms with van der Waals surface area (Å²) in [7, 11) is 0. The quantitative estimate of drug-likeness (QED) is 0.675. The molecule has 0 amide bonds. The molecule has 1 rings (SSSR count). The molecule has 0 radical (unpaired) electrons. The molecule has 5 heteroatoms. The number of nitrogens with one attached hydrogen (secondary N) is 1. The van der Waals surface area contributed by atoms with Crippen LogP contribution < -0.4 is 5.32 Å². The highest BCUT2D eigenvalue weighted by molar-refractivity contribution is 7.99. The molecule has 0 bridgehead atoms. The molecular formula is C13H20ClNO2S. The van der Waals surface area contributed by atoms with Gasteiger partial charge in [0.15, 0.2) is 0 Å². The van der Waals surface area contributed by atoms with Crippen LogP contribution in [0, 0.1) is 0 Å². The highest BCUT2D eigenvalue weighted by Gasteiger charge is 2.09. The lowest BCUT2D eigenvalue weighted by Gasteiger charge is -2.14. The monoisotopic (exact) mass is 289 g/mol. The largest absolute Gasteiger partial charge is 0.394 e. The lowest BCUT2D eigenvalue weighted by molar-refractivity contribution is 0.113. The molecular weight excluding hydrogens is 270 g/mol. The van der Waals surface area contributed by atoms with E-state index in [4.69, 9.17) is 16.7 Å². The van der Waals surface area contributed by atoms with Crippen LogP contribution in [0.15, 0.2) is 23.1 Å². The maximum absolute atomic E-state index is 9.30. The summed E-state index contributed by atoms with van der Waals surface area (Å²) in [6.45, 7) is 4.86. The molecule has 0 saturated carbocycles. The number of benzene rings is 1. The Bertz CT molecular complexity index is 376. The van der Waals surface area contributed by atoms with Crippen molar-refractivity contribution in [2.24, 2.45) is 0 Å². The Morgan fingerprint density at radius 2 is 2.17 bits per heavy atom. The van der Waals surface area contributed by atoms with Gasteiger partial charge in [-0.2, -0.15) is 0 Å². The molecule has 1 aromatic carbocycles. The summed E-state index contributed by atoms with van der Waals surface area (Å²) in [5, 5.41) is 22.1. The first-order valence-electron chi connectivity index (χ1n) is 6.03. The molecule has 2 atom stereocenters. The molecule has 18 heavy (non-hydrogen) atoms. The zero-order valence-electron chi connectivity index (χ0n) is 10.7. The molecule has 0 aliphatic carbocycles. The van der Waals surface area contributed by atoms with Crippen LogP contribution in [0.25, 0.3) is 0 Å². The molecule has 3 N–H and O–H groups in total. The number of aliphatic hydroxyl groups is 2. The zero-order chi connectivity index (χ0) is 13.5. The van der Waals surface area contributed by atoms with Gasteiger partial charge in [0.1, 0.15) is 0 Å².